The number of nitrogens with zero attached hydrogens (tertiary/aromatic N) is 3. The summed E-state index contributed by atoms with van der Waals surface area (Å²) in [5.74, 6) is 0.000680. The summed E-state index contributed by atoms with van der Waals surface area (Å²) in [4.78, 5) is 55.3. The van der Waals surface area contributed by atoms with E-state index in [-0.39, 0.29) is 37.1 Å². The summed E-state index contributed by atoms with van der Waals surface area (Å²) < 4.78 is 5.25. The van der Waals surface area contributed by atoms with Crippen LogP contribution in [-0.2, 0) is 25.5 Å². The number of ether oxygens (including phenoxy) is 1. The van der Waals surface area contributed by atoms with Gasteiger partial charge in [-0.3, -0.25) is 14.5 Å². The minimum absolute atomic E-state index is 0.125. The fourth-order valence-corrected chi connectivity index (χ4v) is 3.24. The van der Waals surface area contributed by atoms with Gasteiger partial charge in [0, 0.05) is 45.6 Å². The Balaban J connectivity index is 1.78. The molecule has 0 aromatic carbocycles. The molecule has 2 rings (SSSR count). The lowest BCUT2D eigenvalue weighted by molar-refractivity contribution is -0.123. The van der Waals surface area contributed by atoms with Gasteiger partial charge in [0.2, 0.25) is 11.8 Å². The van der Waals surface area contributed by atoms with Crippen molar-refractivity contribution in [1.29, 1.82) is 0 Å². The average Bonchev–Trinajstić information content (AvgIpc) is 3.07. The smallest absolute Gasteiger partial charge is 0.410 e. The van der Waals surface area contributed by atoms with Crippen molar-refractivity contribution in [2.45, 2.75) is 58.6 Å². The van der Waals surface area contributed by atoms with Crippen LogP contribution in [0, 0.1) is 5.92 Å². The molecule has 0 spiro atoms. The highest BCUT2D eigenvalue weighted by molar-refractivity contribution is 5.98. The second-order valence-corrected chi connectivity index (χ2v) is 8.92. The average molecular weight is 433 g/mol. The van der Waals surface area contributed by atoms with Crippen LogP contribution in [0.2, 0.25) is 0 Å². The Morgan fingerprint density at radius 2 is 2.10 bits per heavy atom. The Labute approximate surface area is 183 Å². The SMILES string of the molecule is C[C@H](CNC(=O)CCN(C)C(=O)OC(C)(C)C)CC(=O)N1c2ncccc2C[C@H]1C=O. The van der Waals surface area contributed by atoms with E-state index < -0.39 is 17.7 Å². The number of carbonyl (C=O) groups is 4. The first kappa shape index (κ1) is 24.3. The molecular weight excluding hydrogens is 400 g/mol. The quantitative estimate of drug-likeness (QED) is 0.629. The molecule has 1 aromatic rings. The van der Waals surface area contributed by atoms with Crippen molar-refractivity contribution in [2.24, 2.45) is 5.92 Å². The molecule has 0 saturated carbocycles. The van der Waals surface area contributed by atoms with Crippen molar-refractivity contribution in [3.05, 3.63) is 23.9 Å². The number of hydrogen-bond donors (Lipinski definition) is 1. The number of aldehydes is 1. The van der Waals surface area contributed by atoms with Crippen molar-refractivity contribution >= 4 is 30.0 Å². The van der Waals surface area contributed by atoms with E-state index in [0.29, 0.717) is 18.8 Å². The van der Waals surface area contributed by atoms with Crippen LogP contribution in [0.1, 0.15) is 46.1 Å². The normalized spacial score (nSPS) is 16.3. The Morgan fingerprint density at radius 3 is 2.74 bits per heavy atom. The Morgan fingerprint density at radius 1 is 1.39 bits per heavy atom. The third-order valence-corrected chi connectivity index (χ3v) is 4.83. The van der Waals surface area contributed by atoms with E-state index in [1.165, 1.54) is 9.80 Å². The molecule has 0 aliphatic carbocycles. The van der Waals surface area contributed by atoms with E-state index in [1.54, 1.807) is 40.1 Å². The molecule has 3 amide bonds. The zero-order valence-electron chi connectivity index (χ0n) is 18.9. The third kappa shape index (κ3) is 7.04. The summed E-state index contributed by atoms with van der Waals surface area (Å²) in [5, 5.41) is 2.79. The number of aromatic nitrogens is 1. The fourth-order valence-electron chi connectivity index (χ4n) is 3.24. The van der Waals surface area contributed by atoms with Gasteiger partial charge in [0.1, 0.15) is 17.7 Å². The number of amides is 3. The number of rotatable bonds is 8. The molecule has 9 nitrogen and oxygen atoms in total. The lowest BCUT2D eigenvalue weighted by Crippen LogP contribution is -2.41. The summed E-state index contributed by atoms with van der Waals surface area (Å²) in [5.41, 5.74) is 0.284. The highest BCUT2D eigenvalue weighted by atomic mass is 16.6. The van der Waals surface area contributed by atoms with Gasteiger partial charge in [0.05, 0.1) is 6.04 Å². The molecule has 0 bridgehead atoms. The largest absolute Gasteiger partial charge is 0.444 e. The van der Waals surface area contributed by atoms with Crippen molar-refractivity contribution < 1.29 is 23.9 Å². The van der Waals surface area contributed by atoms with Crippen LogP contribution in [0.5, 0.6) is 0 Å². The zero-order valence-corrected chi connectivity index (χ0v) is 18.9. The molecule has 1 N–H and O–H groups in total. The third-order valence-electron chi connectivity index (χ3n) is 4.83. The van der Waals surface area contributed by atoms with Crippen molar-refractivity contribution in [3.8, 4) is 0 Å². The first-order chi connectivity index (χ1) is 14.5. The summed E-state index contributed by atoms with van der Waals surface area (Å²) in [7, 11) is 1.58. The number of fused-ring (bicyclic) bond motifs is 1. The number of carbonyl (C=O) groups excluding carboxylic acids is 4. The summed E-state index contributed by atoms with van der Waals surface area (Å²) >= 11 is 0. The summed E-state index contributed by atoms with van der Waals surface area (Å²) in [6.07, 6.45) is 2.67. The minimum Gasteiger partial charge on any atom is -0.444 e. The van der Waals surface area contributed by atoms with Gasteiger partial charge < -0.3 is 19.7 Å². The van der Waals surface area contributed by atoms with Gasteiger partial charge in [0.15, 0.2) is 0 Å². The number of pyridine rings is 1. The van der Waals surface area contributed by atoms with Crippen molar-refractivity contribution in [3.63, 3.8) is 0 Å². The van der Waals surface area contributed by atoms with E-state index in [0.717, 1.165) is 11.8 Å². The molecular formula is C22H32N4O5. The molecule has 9 heteroatoms. The van der Waals surface area contributed by atoms with Gasteiger partial charge in [-0.05, 0) is 38.3 Å². The molecule has 2 heterocycles. The molecule has 0 unspecified atom stereocenters. The maximum Gasteiger partial charge on any atom is 0.410 e. The molecule has 1 aliphatic heterocycles. The van der Waals surface area contributed by atoms with Crippen LogP contribution in [0.3, 0.4) is 0 Å². The molecule has 0 radical (unpaired) electrons. The maximum absolute atomic E-state index is 12.8. The van der Waals surface area contributed by atoms with Crippen molar-refractivity contribution in [2.75, 3.05) is 25.0 Å². The number of hydrogen-bond acceptors (Lipinski definition) is 6. The Kier molecular flexibility index (Phi) is 8.13. The van der Waals surface area contributed by atoms with E-state index in [2.05, 4.69) is 10.3 Å². The molecule has 1 aliphatic rings. The molecule has 31 heavy (non-hydrogen) atoms. The number of nitrogens with one attached hydrogen (secondary N) is 1. The second-order valence-electron chi connectivity index (χ2n) is 8.92. The molecule has 170 valence electrons. The number of anilines is 1. The van der Waals surface area contributed by atoms with Crippen LogP contribution in [0.4, 0.5) is 10.6 Å². The Bertz CT molecular complexity index is 820. The van der Waals surface area contributed by atoms with Gasteiger partial charge in [-0.2, -0.15) is 0 Å². The van der Waals surface area contributed by atoms with Gasteiger partial charge in [-0.1, -0.05) is 13.0 Å². The summed E-state index contributed by atoms with van der Waals surface area (Å²) in [6, 6.07) is 3.11. The van der Waals surface area contributed by atoms with Crippen LogP contribution >= 0.6 is 0 Å². The highest BCUT2D eigenvalue weighted by Crippen LogP contribution is 2.30. The lowest BCUT2D eigenvalue weighted by atomic mass is 10.1. The monoisotopic (exact) mass is 432 g/mol. The minimum atomic E-state index is -0.593. The van der Waals surface area contributed by atoms with Gasteiger partial charge in [0.25, 0.3) is 0 Å². The van der Waals surface area contributed by atoms with E-state index >= 15 is 0 Å². The lowest BCUT2D eigenvalue weighted by Gasteiger charge is -2.24. The van der Waals surface area contributed by atoms with Gasteiger partial charge in [-0.15, -0.1) is 0 Å². The van der Waals surface area contributed by atoms with Crippen LogP contribution < -0.4 is 10.2 Å². The molecule has 1 aromatic heterocycles. The maximum atomic E-state index is 12.8. The zero-order chi connectivity index (χ0) is 23.2. The first-order valence-electron chi connectivity index (χ1n) is 10.4. The van der Waals surface area contributed by atoms with Crippen LogP contribution in [0.15, 0.2) is 18.3 Å². The van der Waals surface area contributed by atoms with E-state index in [9.17, 15) is 19.2 Å². The molecule has 2 atom stereocenters. The van der Waals surface area contributed by atoms with Gasteiger partial charge >= 0.3 is 6.09 Å². The predicted octanol–water partition coefficient (Wildman–Crippen LogP) is 1.94. The Hall–Kier alpha value is -2.97. The van der Waals surface area contributed by atoms with Crippen LogP contribution in [0.25, 0.3) is 0 Å². The van der Waals surface area contributed by atoms with Gasteiger partial charge in [-0.25, -0.2) is 9.78 Å². The highest BCUT2D eigenvalue weighted by Gasteiger charge is 2.34. The summed E-state index contributed by atoms with van der Waals surface area (Å²) in [6.45, 7) is 7.74. The predicted molar refractivity (Wildman–Crippen MR) is 116 cm³/mol. The standard InChI is InChI=1S/C22H32N4O5/c1-15(13-24-18(28)8-10-25(5)21(30)31-22(2,3)4)11-19(29)26-17(14-27)12-16-7-6-9-23-20(16)26/h6-7,9,14-15,17H,8,10-13H2,1-5H3,(H,24,28)/t15-,17-/m0/s1. The van der Waals surface area contributed by atoms with Crippen molar-refractivity contribution in [1.82, 2.24) is 15.2 Å². The first-order valence-corrected chi connectivity index (χ1v) is 10.4. The second kappa shape index (κ2) is 10.4. The van der Waals surface area contributed by atoms with Crippen LogP contribution in [-0.4, -0.2) is 65.9 Å². The molecule has 0 fully saturated rings. The fraction of sp³-hybridized carbons (Fsp3) is 0.591. The molecule has 0 saturated heterocycles. The van der Waals surface area contributed by atoms with E-state index in [1.807, 2.05) is 13.0 Å². The topological polar surface area (TPSA) is 109 Å². The van der Waals surface area contributed by atoms with E-state index in [4.69, 9.17) is 4.74 Å².